The van der Waals surface area contributed by atoms with Gasteiger partial charge in [0.25, 0.3) is 5.91 Å². The molecular formula is C17H18N2O2. The van der Waals surface area contributed by atoms with Gasteiger partial charge in [-0.3, -0.25) is 4.79 Å². The zero-order valence-corrected chi connectivity index (χ0v) is 12.3. The van der Waals surface area contributed by atoms with Crippen LogP contribution in [0.15, 0.2) is 40.9 Å². The Kier molecular flexibility index (Phi) is 5.16. The molecule has 0 aliphatic heterocycles. The summed E-state index contributed by atoms with van der Waals surface area (Å²) in [5.41, 5.74) is 1.88. The fourth-order valence-corrected chi connectivity index (χ4v) is 1.97. The Labute approximate surface area is 124 Å². The lowest BCUT2D eigenvalue weighted by molar-refractivity contribution is -0.123. The molecule has 2 aromatic rings. The molecule has 0 saturated carbocycles. The van der Waals surface area contributed by atoms with Crippen molar-refractivity contribution in [3.63, 3.8) is 0 Å². The van der Waals surface area contributed by atoms with Gasteiger partial charge in [-0.25, -0.2) is 0 Å². The van der Waals surface area contributed by atoms with Crippen LogP contribution in [0, 0.1) is 11.8 Å². The summed E-state index contributed by atoms with van der Waals surface area (Å²) < 4.78 is 5.33. The Morgan fingerprint density at radius 2 is 2.10 bits per heavy atom. The molecule has 0 aliphatic carbocycles. The Morgan fingerprint density at radius 3 is 2.81 bits per heavy atom. The highest BCUT2D eigenvalue weighted by Gasteiger charge is 2.08. The third kappa shape index (κ3) is 4.22. The predicted octanol–water partition coefficient (Wildman–Crippen LogP) is 2.76. The van der Waals surface area contributed by atoms with Crippen LogP contribution in [0.3, 0.4) is 0 Å². The zero-order valence-electron chi connectivity index (χ0n) is 12.3. The number of benzene rings is 1. The number of hydrogen-bond donors (Lipinski definition) is 0. The van der Waals surface area contributed by atoms with E-state index >= 15 is 0 Å². The van der Waals surface area contributed by atoms with Gasteiger partial charge in [-0.2, -0.15) is 0 Å². The van der Waals surface area contributed by atoms with Crippen molar-refractivity contribution in [1.82, 2.24) is 10.1 Å². The van der Waals surface area contributed by atoms with Gasteiger partial charge in [0.1, 0.15) is 11.5 Å². The fourth-order valence-electron chi connectivity index (χ4n) is 1.97. The van der Waals surface area contributed by atoms with Gasteiger partial charge in [-0.1, -0.05) is 41.4 Å². The Hall–Kier alpha value is -2.54. The average Bonchev–Trinajstić information content (AvgIpc) is 2.97. The molecule has 21 heavy (non-hydrogen) atoms. The molecule has 1 amide bonds. The highest BCUT2D eigenvalue weighted by atomic mass is 16.5. The maximum absolute atomic E-state index is 11.5. The number of hydrogen-bond acceptors (Lipinski definition) is 3. The van der Waals surface area contributed by atoms with Crippen LogP contribution in [-0.4, -0.2) is 29.6 Å². The van der Waals surface area contributed by atoms with Crippen molar-refractivity contribution in [1.29, 1.82) is 0 Å². The summed E-state index contributed by atoms with van der Waals surface area (Å²) in [7, 11) is 1.75. The quantitative estimate of drug-likeness (QED) is 0.792. The van der Waals surface area contributed by atoms with Crippen molar-refractivity contribution in [2.75, 3.05) is 13.6 Å². The second-order valence-corrected chi connectivity index (χ2v) is 4.75. The molecule has 1 aromatic carbocycles. The van der Waals surface area contributed by atoms with Crippen molar-refractivity contribution in [2.24, 2.45) is 0 Å². The summed E-state index contributed by atoms with van der Waals surface area (Å²) in [5, 5.41) is 4.07. The van der Waals surface area contributed by atoms with Gasteiger partial charge in [0.15, 0.2) is 0 Å². The molecule has 0 fully saturated rings. The van der Waals surface area contributed by atoms with Crippen LogP contribution in [0.2, 0.25) is 0 Å². The van der Waals surface area contributed by atoms with Gasteiger partial charge in [0.2, 0.25) is 0 Å². The van der Waals surface area contributed by atoms with Crippen LogP contribution in [0.4, 0.5) is 0 Å². The SMILES string of the molecule is CC#CC(=O)N(C)CCCc1cc(-c2ccccc2)no1. The maximum Gasteiger partial charge on any atom is 0.298 e. The number of nitrogens with zero attached hydrogens (tertiary/aromatic N) is 2. The lowest BCUT2D eigenvalue weighted by Gasteiger charge is -2.12. The molecular weight excluding hydrogens is 264 g/mol. The van der Waals surface area contributed by atoms with E-state index in [1.54, 1.807) is 18.9 Å². The molecule has 0 aliphatic rings. The summed E-state index contributed by atoms with van der Waals surface area (Å²) in [6.45, 7) is 2.31. The average molecular weight is 282 g/mol. The summed E-state index contributed by atoms with van der Waals surface area (Å²) in [6, 6.07) is 11.9. The summed E-state index contributed by atoms with van der Waals surface area (Å²) >= 11 is 0. The molecule has 0 saturated heterocycles. The maximum atomic E-state index is 11.5. The summed E-state index contributed by atoms with van der Waals surface area (Å²) in [6.07, 6.45) is 1.56. The Bertz CT molecular complexity index is 650. The summed E-state index contributed by atoms with van der Waals surface area (Å²) in [4.78, 5) is 13.1. The second-order valence-electron chi connectivity index (χ2n) is 4.75. The molecule has 0 radical (unpaired) electrons. The van der Waals surface area contributed by atoms with Crippen molar-refractivity contribution < 1.29 is 9.32 Å². The standard InChI is InChI=1S/C17H18N2O2/c1-3-8-17(20)19(2)12-7-11-15-13-16(18-21-15)14-9-5-4-6-10-14/h4-6,9-10,13H,7,11-12H2,1-2H3. The van der Waals surface area contributed by atoms with Gasteiger partial charge in [-0.05, 0) is 19.3 Å². The molecule has 0 atom stereocenters. The van der Waals surface area contributed by atoms with Gasteiger partial charge in [-0.15, -0.1) is 0 Å². The first-order valence-electron chi connectivity index (χ1n) is 6.89. The first-order chi connectivity index (χ1) is 10.2. The predicted molar refractivity (Wildman–Crippen MR) is 81.3 cm³/mol. The second kappa shape index (κ2) is 7.30. The third-order valence-corrected chi connectivity index (χ3v) is 3.12. The number of carbonyl (C=O) groups excluding carboxylic acids is 1. The smallest absolute Gasteiger partial charge is 0.298 e. The minimum absolute atomic E-state index is 0.153. The van der Waals surface area contributed by atoms with Crippen molar-refractivity contribution in [3.05, 3.63) is 42.2 Å². The minimum Gasteiger partial charge on any atom is -0.361 e. The molecule has 0 spiro atoms. The Balaban J connectivity index is 1.86. The van der Waals surface area contributed by atoms with E-state index in [0.717, 1.165) is 29.9 Å². The van der Waals surface area contributed by atoms with E-state index in [9.17, 15) is 4.79 Å². The first-order valence-corrected chi connectivity index (χ1v) is 6.89. The molecule has 0 bridgehead atoms. The van der Waals surface area contributed by atoms with Crippen LogP contribution in [0.25, 0.3) is 11.3 Å². The van der Waals surface area contributed by atoms with Crippen LogP contribution >= 0.6 is 0 Å². The van der Waals surface area contributed by atoms with Crippen LogP contribution in [0.1, 0.15) is 19.1 Å². The Morgan fingerprint density at radius 1 is 1.33 bits per heavy atom. The van der Waals surface area contributed by atoms with Crippen molar-refractivity contribution in [2.45, 2.75) is 19.8 Å². The monoisotopic (exact) mass is 282 g/mol. The van der Waals surface area contributed by atoms with Gasteiger partial charge < -0.3 is 9.42 Å². The van der Waals surface area contributed by atoms with Gasteiger partial charge >= 0.3 is 0 Å². The lowest BCUT2D eigenvalue weighted by atomic mass is 10.1. The number of amides is 1. The van der Waals surface area contributed by atoms with E-state index < -0.39 is 0 Å². The van der Waals surface area contributed by atoms with Crippen LogP contribution in [-0.2, 0) is 11.2 Å². The first kappa shape index (κ1) is 14.9. The van der Waals surface area contributed by atoms with Crippen molar-refractivity contribution >= 4 is 5.91 Å². The largest absolute Gasteiger partial charge is 0.361 e. The highest BCUT2D eigenvalue weighted by molar-refractivity contribution is 5.93. The van der Waals surface area contributed by atoms with Gasteiger partial charge in [0, 0.05) is 31.6 Å². The van der Waals surface area contributed by atoms with Crippen LogP contribution < -0.4 is 0 Å². The van der Waals surface area contributed by atoms with Gasteiger partial charge in [0.05, 0.1) is 0 Å². The molecule has 0 N–H and O–H groups in total. The number of aryl methyl sites for hydroxylation is 1. The number of carbonyl (C=O) groups is 1. The molecule has 4 nitrogen and oxygen atoms in total. The summed E-state index contributed by atoms with van der Waals surface area (Å²) in [5.74, 6) is 5.81. The van der Waals surface area contributed by atoms with E-state index in [1.165, 1.54) is 0 Å². The molecule has 108 valence electrons. The fraction of sp³-hybridized carbons (Fsp3) is 0.294. The normalized spacial score (nSPS) is 9.81. The minimum atomic E-state index is -0.153. The zero-order chi connectivity index (χ0) is 15.1. The number of rotatable bonds is 5. The lowest BCUT2D eigenvalue weighted by Crippen LogP contribution is -2.26. The van der Waals surface area contributed by atoms with Crippen LogP contribution in [0.5, 0.6) is 0 Å². The van der Waals surface area contributed by atoms with E-state index in [4.69, 9.17) is 4.52 Å². The molecule has 2 rings (SSSR count). The van der Waals surface area contributed by atoms with E-state index in [0.29, 0.717) is 6.54 Å². The molecule has 4 heteroatoms. The molecule has 1 heterocycles. The number of aromatic nitrogens is 1. The highest BCUT2D eigenvalue weighted by Crippen LogP contribution is 2.19. The third-order valence-electron chi connectivity index (χ3n) is 3.12. The topological polar surface area (TPSA) is 46.3 Å². The molecule has 1 aromatic heterocycles. The molecule has 0 unspecified atom stereocenters. The van der Waals surface area contributed by atoms with E-state index in [1.807, 2.05) is 36.4 Å². The van der Waals surface area contributed by atoms with E-state index in [2.05, 4.69) is 17.0 Å². The van der Waals surface area contributed by atoms with Crippen molar-refractivity contribution in [3.8, 4) is 23.1 Å². The van der Waals surface area contributed by atoms with E-state index in [-0.39, 0.29) is 5.91 Å².